The third-order valence-corrected chi connectivity index (χ3v) is 3.82. The van der Waals surface area contributed by atoms with Crippen molar-refractivity contribution in [1.29, 1.82) is 0 Å². The van der Waals surface area contributed by atoms with Crippen LogP contribution in [0, 0.1) is 5.82 Å². The van der Waals surface area contributed by atoms with Crippen LogP contribution in [0.25, 0.3) is 0 Å². The molecule has 0 bridgehead atoms. The Morgan fingerprint density at radius 2 is 2.05 bits per heavy atom. The van der Waals surface area contributed by atoms with Crippen LogP contribution in [0.15, 0.2) is 46.9 Å². The van der Waals surface area contributed by atoms with E-state index >= 15 is 0 Å². The molecule has 2 aromatic carbocycles. The van der Waals surface area contributed by atoms with Gasteiger partial charge in [-0.25, -0.2) is 4.39 Å². The lowest BCUT2D eigenvalue weighted by Crippen LogP contribution is -2.36. The molecule has 0 aliphatic carbocycles. The molecule has 0 aliphatic heterocycles. The number of aliphatic hydroxyl groups is 1. The lowest BCUT2D eigenvalue weighted by molar-refractivity contribution is 0.220. The zero-order valence-corrected chi connectivity index (χ0v) is 13.2. The summed E-state index contributed by atoms with van der Waals surface area (Å²) >= 11 is 9.15. The van der Waals surface area contributed by atoms with E-state index in [9.17, 15) is 9.50 Å². The second-order valence-electron chi connectivity index (χ2n) is 4.75. The number of hydrogen-bond acceptors (Lipinski definition) is 2. The molecule has 106 valence electrons. The van der Waals surface area contributed by atoms with E-state index in [0.717, 1.165) is 5.69 Å². The molecule has 1 atom stereocenters. The van der Waals surface area contributed by atoms with Crippen LogP contribution in [0.5, 0.6) is 0 Å². The van der Waals surface area contributed by atoms with Crippen LogP contribution >= 0.6 is 27.5 Å². The standard InChI is InChI=1S/C15H14BrClFNO/c1-15(9-20,13-6-5-10(16)7-14(13)18)19-12-4-2-3-11(17)8-12/h2-8,19-20H,9H2,1H3. The number of aliphatic hydroxyl groups excluding tert-OH is 1. The smallest absolute Gasteiger partial charge is 0.129 e. The lowest BCUT2D eigenvalue weighted by Gasteiger charge is -2.31. The number of hydrogen-bond donors (Lipinski definition) is 2. The van der Waals surface area contributed by atoms with Gasteiger partial charge in [-0.3, -0.25) is 0 Å². The van der Waals surface area contributed by atoms with Crippen molar-refractivity contribution in [3.63, 3.8) is 0 Å². The van der Waals surface area contributed by atoms with Gasteiger partial charge in [0.25, 0.3) is 0 Å². The van der Waals surface area contributed by atoms with E-state index in [4.69, 9.17) is 11.6 Å². The molecular weight excluding hydrogens is 345 g/mol. The van der Waals surface area contributed by atoms with Crippen LogP contribution in [0.4, 0.5) is 10.1 Å². The van der Waals surface area contributed by atoms with Crippen LogP contribution in [-0.4, -0.2) is 11.7 Å². The molecule has 1 unspecified atom stereocenters. The number of rotatable bonds is 4. The summed E-state index contributed by atoms with van der Waals surface area (Å²) in [6.45, 7) is 1.48. The fraction of sp³-hybridized carbons (Fsp3) is 0.200. The first kappa shape index (κ1) is 15.3. The first-order valence-corrected chi connectivity index (χ1v) is 7.22. The highest BCUT2D eigenvalue weighted by atomic mass is 79.9. The van der Waals surface area contributed by atoms with Crippen molar-refractivity contribution in [3.8, 4) is 0 Å². The molecular formula is C15H14BrClFNO. The number of nitrogens with one attached hydrogen (secondary N) is 1. The maximum absolute atomic E-state index is 14.1. The summed E-state index contributed by atoms with van der Waals surface area (Å²) in [5.74, 6) is -0.384. The van der Waals surface area contributed by atoms with E-state index in [0.29, 0.717) is 15.1 Å². The van der Waals surface area contributed by atoms with E-state index in [1.807, 2.05) is 6.07 Å². The SMILES string of the molecule is CC(CO)(Nc1cccc(Cl)c1)c1ccc(Br)cc1F. The van der Waals surface area contributed by atoms with Crippen molar-refractivity contribution in [2.75, 3.05) is 11.9 Å². The number of halogens is 3. The summed E-state index contributed by atoms with van der Waals surface area (Å²) < 4.78 is 14.8. The van der Waals surface area contributed by atoms with Gasteiger partial charge in [0.05, 0.1) is 12.1 Å². The fourth-order valence-electron chi connectivity index (χ4n) is 2.01. The topological polar surface area (TPSA) is 32.3 Å². The van der Waals surface area contributed by atoms with Gasteiger partial charge in [0.1, 0.15) is 5.82 Å². The van der Waals surface area contributed by atoms with Gasteiger partial charge in [0.15, 0.2) is 0 Å². The highest BCUT2D eigenvalue weighted by molar-refractivity contribution is 9.10. The minimum atomic E-state index is -0.935. The highest BCUT2D eigenvalue weighted by Crippen LogP contribution is 2.30. The zero-order chi connectivity index (χ0) is 14.8. The Hall–Kier alpha value is -1.10. The molecule has 2 aromatic rings. The fourth-order valence-corrected chi connectivity index (χ4v) is 2.54. The molecule has 0 saturated carbocycles. The number of anilines is 1. The third kappa shape index (κ3) is 3.32. The minimum absolute atomic E-state index is 0.252. The summed E-state index contributed by atoms with van der Waals surface area (Å²) in [6, 6.07) is 11.9. The third-order valence-electron chi connectivity index (χ3n) is 3.09. The van der Waals surface area contributed by atoms with Gasteiger partial charge < -0.3 is 10.4 Å². The van der Waals surface area contributed by atoms with Gasteiger partial charge >= 0.3 is 0 Å². The molecule has 20 heavy (non-hydrogen) atoms. The number of benzene rings is 2. The summed E-state index contributed by atoms with van der Waals surface area (Å²) in [5, 5.41) is 13.4. The Balaban J connectivity index is 2.38. The molecule has 0 spiro atoms. The Kier molecular flexibility index (Phi) is 4.68. The normalized spacial score (nSPS) is 13.8. The van der Waals surface area contributed by atoms with Crippen molar-refractivity contribution in [1.82, 2.24) is 0 Å². The van der Waals surface area contributed by atoms with Crippen LogP contribution in [0.1, 0.15) is 12.5 Å². The Bertz CT molecular complexity index is 623. The minimum Gasteiger partial charge on any atom is -0.394 e. The molecule has 0 amide bonds. The van der Waals surface area contributed by atoms with Crippen LogP contribution in [0.2, 0.25) is 5.02 Å². The average Bonchev–Trinajstić information content (AvgIpc) is 2.38. The first-order chi connectivity index (χ1) is 9.44. The van der Waals surface area contributed by atoms with E-state index in [1.165, 1.54) is 6.07 Å². The van der Waals surface area contributed by atoms with Crippen molar-refractivity contribution < 1.29 is 9.50 Å². The van der Waals surface area contributed by atoms with Crippen molar-refractivity contribution in [2.45, 2.75) is 12.5 Å². The van der Waals surface area contributed by atoms with E-state index in [-0.39, 0.29) is 12.4 Å². The van der Waals surface area contributed by atoms with Gasteiger partial charge in [-0.05, 0) is 37.3 Å². The summed E-state index contributed by atoms with van der Waals surface area (Å²) in [7, 11) is 0. The van der Waals surface area contributed by atoms with Crippen molar-refractivity contribution in [2.24, 2.45) is 0 Å². The van der Waals surface area contributed by atoms with E-state index in [1.54, 1.807) is 37.3 Å². The molecule has 5 heteroatoms. The molecule has 0 radical (unpaired) electrons. The van der Waals surface area contributed by atoms with Crippen molar-refractivity contribution in [3.05, 3.63) is 63.3 Å². The maximum Gasteiger partial charge on any atom is 0.129 e. The molecule has 0 saturated heterocycles. The largest absolute Gasteiger partial charge is 0.394 e. The monoisotopic (exact) mass is 357 g/mol. The summed E-state index contributed by atoms with van der Waals surface area (Å²) in [6.07, 6.45) is 0. The summed E-state index contributed by atoms with van der Waals surface area (Å²) in [5.41, 5.74) is 0.176. The van der Waals surface area contributed by atoms with Gasteiger partial charge in [-0.1, -0.05) is 39.7 Å². The van der Waals surface area contributed by atoms with Crippen LogP contribution in [-0.2, 0) is 5.54 Å². The van der Waals surface area contributed by atoms with E-state index in [2.05, 4.69) is 21.2 Å². The van der Waals surface area contributed by atoms with Gasteiger partial charge in [-0.2, -0.15) is 0 Å². The van der Waals surface area contributed by atoms with Gasteiger partial charge in [0, 0.05) is 20.7 Å². The predicted octanol–water partition coefficient (Wildman–Crippen LogP) is 4.56. The molecule has 0 heterocycles. The molecule has 0 aliphatic rings. The first-order valence-electron chi connectivity index (χ1n) is 6.05. The quantitative estimate of drug-likeness (QED) is 0.839. The Labute approximate surface area is 130 Å². The van der Waals surface area contributed by atoms with Crippen molar-refractivity contribution >= 4 is 33.2 Å². The Morgan fingerprint density at radius 3 is 2.65 bits per heavy atom. The predicted molar refractivity (Wildman–Crippen MR) is 83.6 cm³/mol. The Morgan fingerprint density at radius 1 is 1.30 bits per heavy atom. The van der Waals surface area contributed by atoms with Crippen LogP contribution < -0.4 is 5.32 Å². The lowest BCUT2D eigenvalue weighted by atomic mass is 9.92. The zero-order valence-electron chi connectivity index (χ0n) is 10.8. The molecule has 0 aromatic heterocycles. The summed E-state index contributed by atoms with van der Waals surface area (Å²) in [4.78, 5) is 0. The second-order valence-corrected chi connectivity index (χ2v) is 6.10. The molecule has 2 N–H and O–H groups in total. The molecule has 2 nitrogen and oxygen atoms in total. The van der Waals surface area contributed by atoms with Gasteiger partial charge in [-0.15, -0.1) is 0 Å². The maximum atomic E-state index is 14.1. The second kappa shape index (κ2) is 6.12. The van der Waals surface area contributed by atoms with E-state index < -0.39 is 5.54 Å². The average molecular weight is 359 g/mol. The molecule has 2 rings (SSSR count). The molecule has 0 fully saturated rings. The highest BCUT2D eigenvalue weighted by Gasteiger charge is 2.28. The van der Waals surface area contributed by atoms with Gasteiger partial charge in [0.2, 0.25) is 0 Å². The van der Waals surface area contributed by atoms with Crippen LogP contribution in [0.3, 0.4) is 0 Å².